The third kappa shape index (κ3) is 3.49. The number of rotatable bonds is 5. The average molecular weight is 287 g/mol. The van der Waals surface area contributed by atoms with Crippen molar-refractivity contribution < 1.29 is 9.84 Å². The molecule has 3 heteroatoms. The van der Waals surface area contributed by atoms with Crippen LogP contribution in [0.5, 0.6) is 5.75 Å². The molecule has 0 aliphatic rings. The van der Waals surface area contributed by atoms with Crippen LogP contribution in [-0.4, -0.2) is 11.2 Å². The highest BCUT2D eigenvalue weighted by Crippen LogP contribution is 2.30. The molecule has 0 aliphatic heterocycles. The fraction of sp³-hybridized carbons (Fsp3) is 0.538. The Balaban J connectivity index is 2.95. The summed E-state index contributed by atoms with van der Waals surface area (Å²) in [5, 5.41) is 9.66. The average Bonchev–Trinajstić information content (AvgIpc) is 2.25. The fourth-order valence-electron chi connectivity index (χ4n) is 1.59. The lowest BCUT2D eigenvalue weighted by atomic mass is 10.1. The molecule has 1 atom stereocenters. The Labute approximate surface area is 106 Å². The summed E-state index contributed by atoms with van der Waals surface area (Å²) < 4.78 is 6.87. The van der Waals surface area contributed by atoms with Gasteiger partial charge in [0.25, 0.3) is 0 Å². The second-order valence-electron chi connectivity index (χ2n) is 3.91. The van der Waals surface area contributed by atoms with Gasteiger partial charge in [-0.1, -0.05) is 35.8 Å². The molecule has 1 rings (SSSR count). The Kier molecular flexibility index (Phi) is 5.29. The summed E-state index contributed by atoms with van der Waals surface area (Å²) in [6, 6.07) is 5.73. The van der Waals surface area contributed by atoms with Gasteiger partial charge in [-0.3, -0.25) is 0 Å². The summed E-state index contributed by atoms with van der Waals surface area (Å²) in [5.74, 6) is 0.776. The van der Waals surface area contributed by atoms with Crippen LogP contribution in [0.15, 0.2) is 22.7 Å². The van der Waals surface area contributed by atoms with E-state index in [4.69, 9.17) is 4.74 Å². The van der Waals surface area contributed by atoms with E-state index in [9.17, 15) is 5.11 Å². The molecule has 0 aliphatic carbocycles. The van der Waals surface area contributed by atoms with Crippen LogP contribution in [0.2, 0.25) is 0 Å². The molecular weight excluding hydrogens is 268 g/mol. The smallest absolute Gasteiger partial charge is 0.126 e. The van der Waals surface area contributed by atoms with Gasteiger partial charge in [0.15, 0.2) is 0 Å². The molecule has 0 heterocycles. The van der Waals surface area contributed by atoms with Gasteiger partial charge in [-0.2, -0.15) is 0 Å². The zero-order valence-corrected chi connectivity index (χ0v) is 11.6. The quantitative estimate of drug-likeness (QED) is 0.884. The van der Waals surface area contributed by atoms with E-state index in [-0.39, 0.29) is 6.10 Å². The maximum atomic E-state index is 9.66. The van der Waals surface area contributed by atoms with E-state index in [0.29, 0.717) is 0 Å². The van der Waals surface area contributed by atoms with Crippen molar-refractivity contribution in [3.05, 3.63) is 28.2 Å². The van der Waals surface area contributed by atoms with Gasteiger partial charge >= 0.3 is 0 Å². The molecule has 2 nitrogen and oxygen atoms in total. The van der Waals surface area contributed by atoms with Crippen molar-refractivity contribution in [3.63, 3.8) is 0 Å². The van der Waals surface area contributed by atoms with Crippen LogP contribution in [0.1, 0.15) is 45.3 Å². The summed E-state index contributed by atoms with van der Waals surface area (Å²) in [6.07, 6.45) is 1.66. The highest BCUT2D eigenvalue weighted by Gasteiger charge is 2.13. The molecule has 1 aromatic rings. The van der Waals surface area contributed by atoms with E-state index in [0.717, 1.165) is 28.6 Å². The number of halogens is 1. The van der Waals surface area contributed by atoms with Gasteiger partial charge in [-0.15, -0.1) is 0 Å². The van der Waals surface area contributed by atoms with E-state index in [1.165, 1.54) is 0 Å². The molecule has 0 amide bonds. The first-order valence-corrected chi connectivity index (χ1v) is 6.51. The maximum Gasteiger partial charge on any atom is 0.126 e. The molecule has 1 aromatic carbocycles. The Hall–Kier alpha value is -0.540. The molecule has 0 radical (unpaired) electrons. The van der Waals surface area contributed by atoms with Gasteiger partial charge in [-0.25, -0.2) is 0 Å². The zero-order chi connectivity index (χ0) is 12.1. The monoisotopic (exact) mass is 286 g/mol. The standard InChI is InChI=1S/C13H19BrO2/c1-4-11(5-2)16-13-8-10(14)6-7-12(13)9(3)15/h6-9,11,15H,4-5H2,1-3H3/t9-/m0/s1. The van der Waals surface area contributed by atoms with Crippen LogP contribution in [0.25, 0.3) is 0 Å². The van der Waals surface area contributed by atoms with Crippen molar-refractivity contribution in [2.75, 3.05) is 0 Å². The summed E-state index contributed by atoms with van der Waals surface area (Å²) in [5.41, 5.74) is 0.843. The molecule has 0 spiro atoms. The largest absolute Gasteiger partial charge is 0.490 e. The second kappa shape index (κ2) is 6.26. The zero-order valence-electron chi connectivity index (χ0n) is 10.0. The molecule has 0 saturated heterocycles. The van der Waals surface area contributed by atoms with Gasteiger partial charge in [0.2, 0.25) is 0 Å². The molecule has 0 fully saturated rings. The number of hydrogen-bond donors (Lipinski definition) is 1. The van der Waals surface area contributed by atoms with Crippen LogP contribution >= 0.6 is 15.9 Å². The SMILES string of the molecule is CCC(CC)Oc1cc(Br)ccc1[C@H](C)O. The maximum absolute atomic E-state index is 9.66. The van der Waals surface area contributed by atoms with Crippen molar-refractivity contribution in [1.29, 1.82) is 0 Å². The summed E-state index contributed by atoms with van der Waals surface area (Å²) in [6.45, 7) is 5.96. The van der Waals surface area contributed by atoms with Crippen LogP contribution < -0.4 is 4.74 Å². The van der Waals surface area contributed by atoms with Gasteiger partial charge in [0.05, 0.1) is 12.2 Å². The van der Waals surface area contributed by atoms with Crippen LogP contribution in [-0.2, 0) is 0 Å². The lowest BCUT2D eigenvalue weighted by Crippen LogP contribution is -2.15. The first kappa shape index (κ1) is 13.5. The summed E-state index contributed by atoms with van der Waals surface area (Å²) in [4.78, 5) is 0. The number of aliphatic hydroxyl groups is 1. The molecule has 0 unspecified atom stereocenters. The van der Waals surface area contributed by atoms with E-state index >= 15 is 0 Å². The Morgan fingerprint density at radius 2 is 1.94 bits per heavy atom. The summed E-state index contributed by atoms with van der Waals surface area (Å²) >= 11 is 3.42. The normalized spacial score (nSPS) is 12.9. The third-order valence-corrected chi connectivity index (χ3v) is 3.12. The second-order valence-corrected chi connectivity index (χ2v) is 4.83. The molecule has 1 N–H and O–H groups in total. The van der Waals surface area contributed by atoms with Crippen LogP contribution in [0.4, 0.5) is 0 Å². The van der Waals surface area contributed by atoms with Gasteiger partial charge in [0, 0.05) is 10.0 Å². The minimum Gasteiger partial charge on any atom is -0.490 e. The number of ether oxygens (including phenoxy) is 1. The molecular formula is C13H19BrO2. The number of benzene rings is 1. The predicted molar refractivity (Wildman–Crippen MR) is 69.8 cm³/mol. The molecule has 16 heavy (non-hydrogen) atoms. The van der Waals surface area contributed by atoms with Crippen molar-refractivity contribution >= 4 is 15.9 Å². The molecule has 0 bridgehead atoms. The van der Waals surface area contributed by atoms with Crippen LogP contribution in [0, 0.1) is 0 Å². The molecule has 0 saturated carbocycles. The minimum absolute atomic E-state index is 0.215. The minimum atomic E-state index is -0.502. The lowest BCUT2D eigenvalue weighted by molar-refractivity contribution is 0.166. The highest BCUT2D eigenvalue weighted by molar-refractivity contribution is 9.10. The number of hydrogen-bond acceptors (Lipinski definition) is 2. The topological polar surface area (TPSA) is 29.5 Å². The Bertz CT molecular complexity index is 333. The number of aliphatic hydroxyl groups excluding tert-OH is 1. The van der Waals surface area contributed by atoms with Crippen LogP contribution in [0.3, 0.4) is 0 Å². The Morgan fingerprint density at radius 3 is 2.44 bits per heavy atom. The van der Waals surface area contributed by atoms with Gasteiger partial charge in [-0.05, 0) is 31.9 Å². The molecule has 0 aromatic heterocycles. The highest BCUT2D eigenvalue weighted by atomic mass is 79.9. The Morgan fingerprint density at radius 1 is 1.31 bits per heavy atom. The van der Waals surface area contributed by atoms with Crippen molar-refractivity contribution in [3.8, 4) is 5.75 Å². The fourth-order valence-corrected chi connectivity index (χ4v) is 1.93. The molecule has 90 valence electrons. The lowest BCUT2D eigenvalue weighted by Gasteiger charge is -2.19. The first-order chi connectivity index (χ1) is 7.58. The van der Waals surface area contributed by atoms with E-state index in [2.05, 4.69) is 29.8 Å². The van der Waals surface area contributed by atoms with Crippen molar-refractivity contribution in [2.45, 2.75) is 45.8 Å². The van der Waals surface area contributed by atoms with E-state index < -0.39 is 6.10 Å². The van der Waals surface area contributed by atoms with Gasteiger partial charge in [0.1, 0.15) is 5.75 Å². The van der Waals surface area contributed by atoms with Crippen molar-refractivity contribution in [1.82, 2.24) is 0 Å². The third-order valence-electron chi connectivity index (χ3n) is 2.63. The van der Waals surface area contributed by atoms with E-state index in [1.54, 1.807) is 6.92 Å². The van der Waals surface area contributed by atoms with Gasteiger partial charge < -0.3 is 9.84 Å². The van der Waals surface area contributed by atoms with Crippen molar-refractivity contribution in [2.24, 2.45) is 0 Å². The van der Waals surface area contributed by atoms with E-state index in [1.807, 2.05) is 18.2 Å². The summed E-state index contributed by atoms with van der Waals surface area (Å²) in [7, 11) is 0. The predicted octanol–water partition coefficient (Wildman–Crippen LogP) is 4.07. The first-order valence-electron chi connectivity index (χ1n) is 5.72.